The number of carbonyl (C=O) groups is 4. The van der Waals surface area contributed by atoms with Gasteiger partial charge in [-0.25, -0.2) is 8.78 Å². The number of H-pyrrole nitrogens is 4. The molecule has 4 atom stereocenters. The normalized spacial score (nSPS) is 19.3. The van der Waals surface area contributed by atoms with Crippen molar-refractivity contribution in [1.82, 2.24) is 82.0 Å². The van der Waals surface area contributed by atoms with E-state index < -0.39 is 23.4 Å². The van der Waals surface area contributed by atoms with Gasteiger partial charge in [0.05, 0.1) is 123 Å². The molecule has 8 aromatic rings. The van der Waals surface area contributed by atoms with Gasteiger partial charge in [0.1, 0.15) is 41.5 Å². The zero-order valence-corrected chi connectivity index (χ0v) is 55.4. The average molecular weight is 1440 g/mol. The number of nitrogens with zero attached hydrogens (tertiary/aromatic N) is 8. The molecule has 0 aromatic carbocycles. The number of aromatic amines is 4. The van der Waals surface area contributed by atoms with Crippen molar-refractivity contribution < 1.29 is 46.9 Å². The van der Waals surface area contributed by atoms with Crippen LogP contribution in [0.3, 0.4) is 0 Å². The van der Waals surface area contributed by atoms with Gasteiger partial charge >= 0.3 is 0 Å². The summed E-state index contributed by atoms with van der Waals surface area (Å²) < 4.78 is 52.3. The van der Waals surface area contributed by atoms with Crippen LogP contribution in [0.25, 0.3) is 0 Å². The molecule has 0 radical (unpaired) electrons. The number of pyridine rings is 4. The molecule has 6 aliphatic rings. The predicted octanol–water partition coefficient (Wildman–Crippen LogP) is 7.94. The third-order valence-corrected chi connectivity index (χ3v) is 17.5. The van der Waals surface area contributed by atoms with Crippen LogP contribution in [-0.4, -0.2) is 163 Å². The van der Waals surface area contributed by atoms with Gasteiger partial charge < -0.3 is 61.5 Å². The molecule has 14 rings (SSSR count). The van der Waals surface area contributed by atoms with Crippen LogP contribution in [0.2, 0.25) is 0 Å². The zero-order valence-electron chi connectivity index (χ0n) is 52.2. The maximum atomic E-state index is 14.2. The second kappa shape index (κ2) is 33.0. The van der Waals surface area contributed by atoms with Gasteiger partial charge in [-0.05, 0) is 119 Å². The van der Waals surface area contributed by atoms with Gasteiger partial charge in [-0.2, -0.15) is 20.4 Å². The number of anilines is 4. The average Bonchev–Trinajstić information content (AvgIpc) is 1.71. The fourth-order valence-electron chi connectivity index (χ4n) is 10.4. The summed E-state index contributed by atoms with van der Waals surface area (Å²) in [6.45, 7) is 12.9. The maximum Gasteiger partial charge on any atom is 0.276 e. The van der Waals surface area contributed by atoms with E-state index in [0.29, 0.717) is 96.2 Å². The Hall–Kier alpha value is -8.18. The minimum absolute atomic E-state index is 0.0358. The van der Waals surface area contributed by atoms with Gasteiger partial charge in [-0.3, -0.25) is 59.5 Å². The summed E-state index contributed by atoms with van der Waals surface area (Å²) in [5, 5.41) is 50.5. The van der Waals surface area contributed by atoms with E-state index in [2.05, 4.69) is 135 Å². The van der Waals surface area contributed by atoms with E-state index in [-0.39, 0.29) is 59.2 Å². The first-order valence-corrected chi connectivity index (χ1v) is 33.2. The molecule has 4 saturated heterocycles. The molecule has 502 valence electrons. The summed E-state index contributed by atoms with van der Waals surface area (Å²) in [6.07, 6.45) is 12.2. The topological polar surface area (TPSA) is 368 Å². The maximum absolute atomic E-state index is 14.2. The van der Waals surface area contributed by atoms with Crippen molar-refractivity contribution >= 4 is 78.2 Å². The molecule has 4 aliphatic heterocycles. The molecule has 2 aliphatic carbocycles. The molecule has 0 bridgehead atoms. The van der Waals surface area contributed by atoms with Gasteiger partial charge in [0, 0.05) is 64.2 Å². The van der Waals surface area contributed by atoms with Crippen LogP contribution in [0, 0.1) is 11.6 Å². The van der Waals surface area contributed by atoms with Crippen LogP contribution >= 0.6 is 31.9 Å². The highest BCUT2D eigenvalue weighted by atomic mass is 79.9. The zero-order chi connectivity index (χ0) is 66.2. The standard InChI is InChI=1S/C16H18BrN5O2.C16H18FN5O2.C16H20FN5O2.C15H18BrN5O2/c2*17-13-14(9-1-2-9)21-22-15(13)16(23)20-10-3-4-11(19-7-10)12-8-18-5-6-24-12;1-2-3-12-14(17)15(22-21-12)16(23)20-10-4-5-11(19-8-10)13-9-18-6-7-24-13;1-2-10-13(16)14(21-20-10)15(22)19-9-3-4-11(18-7-9)12-8-17-5-6-23-12/h2*3-4,7,9,12,18H,1-2,5-6,8H2,(H,20,23)(H,21,22);4-5,8,13,18H,2-3,6-7,9H2,1H3,(H,20,23)(H,21,22);3-4,7,12,17H,2,5-6,8H2,1H3,(H,19,22)(H,20,21)/t2*12-;13-;12-/m1111/s1. The number of aryl methyl sites for hydroxylation is 2. The second-order valence-electron chi connectivity index (χ2n) is 22.9. The predicted molar refractivity (Wildman–Crippen MR) is 352 cm³/mol. The number of halogens is 4. The quantitative estimate of drug-likeness (QED) is 0.0411. The Labute approximate surface area is 561 Å². The Morgan fingerprint density at radius 1 is 0.453 bits per heavy atom. The van der Waals surface area contributed by atoms with E-state index in [1.54, 1.807) is 42.9 Å². The van der Waals surface area contributed by atoms with E-state index in [9.17, 15) is 28.0 Å². The van der Waals surface area contributed by atoms with Gasteiger partial charge in [0.15, 0.2) is 23.0 Å². The summed E-state index contributed by atoms with van der Waals surface area (Å²) in [7, 11) is 0. The lowest BCUT2D eigenvalue weighted by atomic mass is 10.2. The van der Waals surface area contributed by atoms with Crippen molar-refractivity contribution in [3.8, 4) is 0 Å². The number of carbonyl (C=O) groups excluding carboxylic acids is 4. The highest BCUT2D eigenvalue weighted by Crippen LogP contribution is 2.43. The SMILES string of the molecule is CCCc1n[nH]c(C(=O)Nc2ccc([C@H]3CNCCO3)nc2)c1F.CCc1n[nH]c(C(=O)Nc2ccc([C@H]3CNCCO3)nc2)c1Br.O=C(Nc1ccc([C@H]2CNCCO2)nc1)c1[nH]nc(C2CC2)c1Br.O=C(Nc1ccc([C@H]2CNCCO2)nc1)c1[nH]nc(C2CC2)c1F. The molecule has 12 N–H and O–H groups in total. The monoisotopic (exact) mass is 1430 g/mol. The Bertz CT molecular complexity index is 3720. The first-order valence-electron chi connectivity index (χ1n) is 31.6. The number of hydrogen-bond donors (Lipinski definition) is 12. The van der Waals surface area contributed by atoms with Crippen molar-refractivity contribution in [1.29, 1.82) is 0 Å². The van der Waals surface area contributed by atoms with Crippen molar-refractivity contribution in [3.63, 3.8) is 0 Å². The number of aromatic nitrogens is 12. The molecule has 6 fully saturated rings. The fraction of sp³-hybridized carbons (Fsp3) is 0.429. The molecule has 12 heterocycles. The Kier molecular flexibility index (Phi) is 23.7. The van der Waals surface area contributed by atoms with E-state index in [1.165, 1.54) is 6.20 Å². The highest BCUT2D eigenvalue weighted by Gasteiger charge is 2.34. The lowest BCUT2D eigenvalue weighted by molar-refractivity contribution is 0.0250. The number of morpholine rings is 4. The Morgan fingerprint density at radius 2 is 0.789 bits per heavy atom. The minimum Gasteiger partial charge on any atom is -0.369 e. The van der Waals surface area contributed by atoms with Gasteiger partial charge in [-0.1, -0.05) is 20.3 Å². The summed E-state index contributed by atoms with van der Waals surface area (Å²) in [5.74, 6) is -2.15. The molecule has 32 heteroatoms. The summed E-state index contributed by atoms with van der Waals surface area (Å²) in [4.78, 5) is 66.4. The van der Waals surface area contributed by atoms with E-state index in [1.807, 2.05) is 38.1 Å². The molecule has 28 nitrogen and oxygen atoms in total. The molecular weight excluding hydrogens is 1360 g/mol. The van der Waals surface area contributed by atoms with Gasteiger partial charge in [0.25, 0.3) is 23.6 Å². The van der Waals surface area contributed by atoms with Crippen molar-refractivity contribution in [2.75, 3.05) is 100 Å². The van der Waals surface area contributed by atoms with Crippen LogP contribution in [0.5, 0.6) is 0 Å². The number of nitrogens with one attached hydrogen (secondary N) is 12. The van der Waals surface area contributed by atoms with Crippen molar-refractivity contribution in [2.24, 2.45) is 0 Å². The number of amides is 4. The number of rotatable bonds is 17. The molecule has 0 spiro atoms. The first-order chi connectivity index (χ1) is 46.3. The minimum atomic E-state index is -0.597. The summed E-state index contributed by atoms with van der Waals surface area (Å²) in [5.41, 5.74) is 8.49. The van der Waals surface area contributed by atoms with Crippen LogP contribution in [-0.2, 0) is 31.8 Å². The third kappa shape index (κ3) is 18.0. The second-order valence-corrected chi connectivity index (χ2v) is 24.5. The lowest BCUT2D eigenvalue weighted by Crippen LogP contribution is -2.33. The Morgan fingerprint density at radius 3 is 1.14 bits per heavy atom. The first kappa shape index (κ1) is 68.2. The van der Waals surface area contributed by atoms with Crippen LogP contribution < -0.4 is 42.5 Å². The lowest BCUT2D eigenvalue weighted by Gasteiger charge is -2.23. The molecular formula is C63H74Br2F2N20O8. The smallest absolute Gasteiger partial charge is 0.276 e. The van der Waals surface area contributed by atoms with E-state index >= 15 is 0 Å². The van der Waals surface area contributed by atoms with Crippen LogP contribution in [0.1, 0.15) is 170 Å². The molecule has 95 heavy (non-hydrogen) atoms. The largest absolute Gasteiger partial charge is 0.369 e. The van der Waals surface area contributed by atoms with Crippen LogP contribution in [0.4, 0.5) is 31.5 Å². The molecule has 8 aromatic heterocycles. The van der Waals surface area contributed by atoms with E-state index in [4.69, 9.17) is 18.9 Å². The van der Waals surface area contributed by atoms with Crippen LogP contribution in [0.15, 0.2) is 82.3 Å². The van der Waals surface area contributed by atoms with E-state index in [0.717, 1.165) is 116 Å². The Balaban J connectivity index is 0.000000129. The van der Waals surface area contributed by atoms with Crippen molar-refractivity contribution in [3.05, 3.63) is 162 Å². The number of hydrogen-bond acceptors (Lipinski definition) is 20. The summed E-state index contributed by atoms with van der Waals surface area (Å²) >= 11 is 6.87. The van der Waals surface area contributed by atoms with Gasteiger partial charge in [-0.15, -0.1) is 0 Å². The van der Waals surface area contributed by atoms with Crippen molar-refractivity contribution in [2.45, 2.75) is 95.0 Å². The fourth-order valence-corrected chi connectivity index (χ4v) is 11.7. The third-order valence-electron chi connectivity index (χ3n) is 15.9. The molecule has 4 amide bonds. The summed E-state index contributed by atoms with van der Waals surface area (Å²) in [6, 6.07) is 14.4. The molecule has 2 saturated carbocycles. The number of ether oxygens (including phenoxy) is 4. The highest BCUT2D eigenvalue weighted by molar-refractivity contribution is 9.11. The molecule has 0 unspecified atom stereocenters. The van der Waals surface area contributed by atoms with Gasteiger partial charge in [0.2, 0.25) is 0 Å².